The molecule has 6 rings (SSSR count). The zero-order valence-corrected chi connectivity index (χ0v) is 23.5. The van der Waals surface area contributed by atoms with Crippen LogP contribution in [-0.4, -0.2) is 29.5 Å². The van der Waals surface area contributed by atoms with Crippen LogP contribution in [0, 0.1) is 5.92 Å². The Kier molecular flexibility index (Phi) is 7.17. The Labute approximate surface area is 246 Å². The highest BCUT2D eigenvalue weighted by molar-refractivity contribution is 9.10. The second-order valence-electron chi connectivity index (χ2n) is 10.4. The summed E-state index contributed by atoms with van der Waals surface area (Å²) in [6.45, 7) is 1.80. The molecule has 0 spiro atoms. The number of carbonyl (C=O) groups is 2. The molecule has 4 heterocycles. The van der Waals surface area contributed by atoms with Crippen molar-refractivity contribution in [2.75, 3.05) is 28.6 Å². The van der Waals surface area contributed by atoms with E-state index in [4.69, 9.17) is 4.42 Å². The first-order valence-corrected chi connectivity index (χ1v) is 14.0. The number of benzene rings is 2. The number of nitrogens with zero attached hydrogens (tertiary/aromatic N) is 2. The average molecular weight is 641 g/mol. The lowest BCUT2D eigenvalue weighted by Crippen LogP contribution is -2.47. The van der Waals surface area contributed by atoms with Crippen molar-refractivity contribution >= 4 is 44.8 Å². The Morgan fingerprint density at radius 3 is 2.48 bits per heavy atom. The molecule has 2 unspecified atom stereocenters. The van der Waals surface area contributed by atoms with Gasteiger partial charge in [-0.05, 0) is 82.9 Å². The van der Waals surface area contributed by atoms with Crippen LogP contribution in [0.3, 0.4) is 0 Å². The standard InChI is InChI=1S/C30H24BrF3N4O4/c31-26-10-9-25(42-26)29(41)36-22-12-18(28(40)35-21-4-1-3-20(13-21)30(32,33)34)7-8-24(22)37-14-17-11-19(16-37)23-5-2-6-27(39)38(23)15-17/h1-10,12-13,17,19H,11,14-16H2,(H,35,40)(H,36,41). The first-order chi connectivity index (χ1) is 20.0. The molecule has 2 atom stereocenters. The number of piperidine rings is 1. The molecule has 2 aromatic heterocycles. The third-order valence-corrected chi connectivity index (χ3v) is 8.00. The van der Waals surface area contributed by atoms with Crippen molar-refractivity contribution in [3.05, 3.63) is 110 Å². The number of amides is 2. The second kappa shape index (κ2) is 10.8. The molecule has 0 radical (unpaired) electrons. The maximum Gasteiger partial charge on any atom is 0.416 e. The molecule has 1 saturated heterocycles. The van der Waals surface area contributed by atoms with Crippen molar-refractivity contribution in [1.82, 2.24) is 4.57 Å². The van der Waals surface area contributed by atoms with Gasteiger partial charge >= 0.3 is 6.18 Å². The number of pyridine rings is 1. The number of alkyl halides is 3. The Balaban J connectivity index is 1.31. The number of fused-ring (bicyclic) bond motifs is 4. The quantitative estimate of drug-likeness (QED) is 0.265. The molecule has 2 bridgehead atoms. The van der Waals surface area contributed by atoms with E-state index in [2.05, 4.69) is 31.5 Å². The van der Waals surface area contributed by atoms with Crippen LogP contribution in [0.1, 0.15) is 44.5 Å². The van der Waals surface area contributed by atoms with Gasteiger partial charge in [0.1, 0.15) is 0 Å². The lowest BCUT2D eigenvalue weighted by atomic mass is 9.83. The number of rotatable bonds is 5. The van der Waals surface area contributed by atoms with E-state index >= 15 is 0 Å². The van der Waals surface area contributed by atoms with Crippen molar-refractivity contribution < 1.29 is 27.2 Å². The fourth-order valence-electron chi connectivity index (χ4n) is 5.74. The Morgan fingerprint density at radius 2 is 1.71 bits per heavy atom. The summed E-state index contributed by atoms with van der Waals surface area (Å²) in [6, 6.07) is 17.5. The fourth-order valence-corrected chi connectivity index (χ4v) is 6.05. The van der Waals surface area contributed by atoms with Gasteiger partial charge in [-0.3, -0.25) is 14.4 Å². The minimum absolute atomic E-state index is 0.0114. The van der Waals surface area contributed by atoms with E-state index in [0.717, 1.165) is 24.2 Å². The van der Waals surface area contributed by atoms with E-state index in [1.54, 1.807) is 30.3 Å². The lowest BCUT2D eigenvalue weighted by Gasteiger charge is -2.44. The molecule has 0 aliphatic carbocycles. The van der Waals surface area contributed by atoms with Crippen molar-refractivity contribution in [1.29, 1.82) is 0 Å². The highest BCUT2D eigenvalue weighted by Gasteiger charge is 2.35. The third kappa shape index (κ3) is 5.58. The first kappa shape index (κ1) is 27.8. The van der Waals surface area contributed by atoms with Crippen LogP contribution >= 0.6 is 15.9 Å². The summed E-state index contributed by atoms with van der Waals surface area (Å²) >= 11 is 3.19. The molecule has 0 saturated carbocycles. The zero-order valence-electron chi connectivity index (χ0n) is 22.0. The highest BCUT2D eigenvalue weighted by atomic mass is 79.9. The smallest absolute Gasteiger partial charge is 0.416 e. The Hall–Kier alpha value is -4.32. The predicted molar refractivity (Wildman–Crippen MR) is 154 cm³/mol. The Morgan fingerprint density at radius 1 is 0.905 bits per heavy atom. The summed E-state index contributed by atoms with van der Waals surface area (Å²) in [5.41, 5.74) is 1.20. The summed E-state index contributed by atoms with van der Waals surface area (Å²) in [5.74, 6) is -0.826. The molecule has 2 amide bonds. The van der Waals surface area contributed by atoms with Crippen LogP contribution in [0.25, 0.3) is 0 Å². The van der Waals surface area contributed by atoms with Gasteiger partial charge in [0.2, 0.25) is 0 Å². The van der Waals surface area contributed by atoms with E-state index < -0.39 is 23.6 Å². The van der Waals surface area contributed by atoms with Gasteiger partial charge in [0.15, 0.2) is 10.4 Å². The van der Waals surface area contributed by atoms with E-state index in [9.17, 15) is 27.6 Å². The van der Waals surface area contributed by atoms with Gasteiger partial charge in [0.25, 0.3) is 17.4 Å². The van der Waals surface area contributed by atoms with Gasteiger partial charge in [0.05, 0.1) is 16.9 Å². The molecule has 12 heteroatoms. The van der Waals surface area contributed by atoms with Gasteiger partial charge in [-0.2, -0.15) is 13.2 Å². The minimum atomic E-state index is -4.55. The SMILES string of the molecule is O=C(Nc1cccc(C(F)(F)F)c1)c1ccc(N2CC3CC(C2)c2cccc(=O)n2C3)c(NC(=O)c2ccc(Br)o2)c1. The summed E-state index contributed by atoms with van der Waals surface area (Å²) in [6.07, 6.45) is -3.62. The number of hydrogen-bond donors (Lipinski definition) is 2. The zero-order chi connectivity index (χ0) is 29.6. The van der Waals surface area contributed by atoms with Crippen LogP contribution in [0.15, 0.2) is 86.7 Å². The Bertz CT molecular complexity index is 1750. The molecule has 4 aromatic rings. The number of halogens is 4. The number of furan rings is 1. The third-order valence-electron chi connectivity index (χ3n) is 7.57. The minimum Gasteiger partial charge on any atom is -0.444 e. The van der Waals surface area contributed by atoms with E-state index in [0.29, 0.717) is 35.7 Å². The van der Waals surface area contributed by atoms with Crippen LogP contribution in [0.4, 0.5) is 30.2 Å². The average Bonchev–Trinajstić information content (AvgIpc) is 3.39. The number of hydrogen-bond acceptors (Lipinski definition) is 5. The van der Waals surface area contributed by atoms with Crippen LogP contribution in [0.2, 0.25) is 0 Å². The van der Waals surface area contributed by atoms with Gasteiger partial charge in [-0.1, -0.05) is 12.1 Å². The fraction of sp³-hybridized carbons (Fsp3) is 0.233. The molecule has 2 aromatic carbocycles. The molecule has 2 aliphatic heterocycles. The van der Waals surface area contributed by atoms with E-state index in [1.807, 2.05) is 10.6 Å². The predicted octanol–water partition coefficient (Wildman–Crippen LogP) is 6.35. The second-order valence-corrected chi connectivity index (χ2v) is 11.2. The van der Waals surface area contributed by atoms with E-state index in [1.165, 1.54) is 24.3 Å². The molecular formula is C30H24BrF3N4O4. The lowest BCUT2D eigenvalue weighted by molar-refractivity contribution is -0.137. The van der Waals surface area contributed by atoms with Crippen molar-refractivity contribution in [3.8, 4) is 0 Å². The van der Waals surface area contributed by atoms with Crippen LogP contribution in [-0.2, 0) is 12.7 Å². The molecule has 2 N–H and O–H groups in total. The number of nitrogens with one attached hydrogen (secondary N) is 2. The summed E-state index contributed by atoms with van der Waals surface area (Å²) < 4.78 is 47.1. The summed E-state index contributed by atoms with van der Waals surface area (Å²) in [7, 11) is 0. The maximum atomic E-state index is 13.2. The topological polar surface area (TPSA) is 96.6 Å². The van der Waals surface area contributed by atoms with Crippen molar-refractivity contribution in [2.24, 2.45) is 5.92 Å². The molecule has 216 valence electrons. The van der Waals surface area contributed by atoms with Crippen LogP contribution < -0.4 is 21.1 Å². The van der Waals surface area contributed by atoms with E-state index in [-0.39, 0.29) is 34.4 Å². The van der Waals surface area contributed by atoms with Gasteiger partial charge in [0, 0.05) is 48.6 Å². The molecule has 8 nitrogen and oxygen atoms in total. The summed E-state index contributed by atoms with van der Waals surface area (Å²) in [4.78, 5) is 40.8. The van der Waals surface area contributed by atoms with Crippen LogP contribution in [0.5, 0.6) is 0 Å². The summed E-state index contributed by atoms with van der Waals surface area (Å²) in [5, 5.41) is 5.35. The maximum absolute atomic E-state index is 13.2. The molecular weight excluding hydrogens is 617 g/mol. The first-order valence-electron chi connectivity index (χ1n) is 13.2. The number of aromatic nitrogens is 1. The van der Waals surface area contributed by atoms with Crippen molar-refractivity contribution in [3.63, 3.8) is 0 Å². The van der Waals surface area contributed by atoms with Crippen molar-refractivity contribution in [2.45, 2.75) is 25.1 Å². The largest absolute Gasteiger partial charge is 0.444 e. The normalized spacial score (nSPS) is 17.9. The molecule has 1 fully saturated rings. The number of carbonyl (C=O) groups excluding carboxylic acids is 2. The van der Waals surface area contributed by atoms with Gasteiger partial charge < -0.3 is 24.5 Å². The highest BCUT2D eigenvalue weighted by Crippen LogP contribution is 2.39. The number of anilines is 3. The molecule has 2 aliphatic rings. The monoisotopic (exact) mass is 640 g/mol. The molecule has 42 heavy (non-hydrogen) atoms. The van der Waals surface area contributed by atoms with Gasteiger partial charge in [-0.25, -0.2) is 0 Å². The van der Waals surface area contributed by atoms with Gasteiger partial charge in [-0.15, -0.1) is 0 Å².